The number of aromatic nitrogens is 2. The van der Waals surface area contributed by atoms with E-state index < -0.39 is 11.7 Å². The lowest BCUT2D eigenvalue weighted by Crippen LogP contribution is -2.26. The molecule has 5 heteroatoms. The van der Waals surface area contributed by atoms with E-state index in [2.05, 4.69) is 18.8 Å². The average Bonchev–Trinajstić information content (AvgIpc) is 2.63. The van der Waals surface area contributed by atoms with Gasteiger partial charge in [0.1, 0.15) is 11.9 Å². The Labute approximate surface area is 107 Å². The third-order valence-corrected chi connectivity index (χ3v) is 3.44. The van der Waals surface area contributed by atoms with Gasteiger partial charge in [0.2, 0.25) is 0 Å². The van der Waals surface area contributed by atoms with Crippen molar-refractivity contribution >= 4 is 6.09 Å². The molecule has 0 bridgehead atoms. The fourth-order valence-electron chi connectivity index (χ4n) is 2.16. The fraction of sp³-hybridized carbons (Fsp3) is 0.692. The third kappa shape index (κ3) is 2.27. The molecular weight excluding hydrogens is 230 g/mol. The minimum Gasteiger partial charge on any atom is -0.443 e. The maximum atomic E-state index is 11.8. The van der Waals surface area contributed by atoms with E-state index in [9.17, 15) is 4.79 Å². The standard InChI is InChI=1S/C13H21N3O2/c1-12(2,3)18-11(17)16-6-8(15-7-16)9-10(14)13(9,4)5/h6-7,9-10H,14H2,1-5H3/t9-,10-/m1/s1. The Morgan fingerprint density at radius 3 is 2.50 bits per heavy atom. The lowest BCUT2D eigenvalue weighted by Gasteiger charge is -2.19. The molecule has 0 aromatic carbocycles. The summed E-state index contributed by atoms with van der Waals surface area (Å²) in [7, 11) is 0. The van der Waals surface area contributed by atoms with E-state index in [1.807, 2.05) is 20.8 Å². The van der Waals surface area contributed by atoms with E-state index in [0.717, 1.165) is 5.69 Å². The molecule has 1 fully saturated rings. The molecular formula is C13H21N3O2. The van der Waals surface area contributed by atoms with Crippen LogP contribution in [-0.4, -0.2) is 27.3 Å². The summed E-state index contributed by atoms with van der Waals surface area (Å²) in [6, 6.07) is 0.111. The van der Waals surface area contributed by atoms with Gasteiger partial charge in [0, 0.05) is 18.2 Å². The summed E-state index contributed by atoms with van der Waals surface area (Å²) in [6.07, 6.45) is 2.80. The highest BCUT2D eigenvalue weighted by atomic mass is 16.6. The van der Waals surface area contributed by atoms with Gasteiger partial charge in [-0.1, -0.05) is 13.8 Å². The number of imidazole rings is 1. The van der Waals surface area contributed by atoms with Crippen LogP contribution in [-0.2, 0) is 4.74 Å². The third-order valence-electron chi connectivity index (χ3n) is 3.44. The second-order valence-electron chi connectivity index (χ2n) is 6.51. The van der Waals surface area contributed by atoms with Gasteiger partial charge in [0.05, 0.1) is 5.69 Å². The Morgan fingerprint density at radius 2 is 2.06 bits per heavy atom. The maximum Gasteiger partial charge on any atom is 0.419 e. The van der Waals surface area contributed by atoms with Crippen LogP contribution in [0.4, 0.5) is 4.79 Å². The van der Waals surface area contributed by atoms with E-state index in [0.29, 0.717) is 0 Å². The van der Waals surface area contributed by atoms with Crippen LogP contribution in [0.25, 0.3) is 0 Å². The second-order valence-corrected chi connectivity index (χ2v) is 6.51. The molecule has 100 valence electrons. The van der Waals surface area contributed by atoms with Crippen LogP contribution in [0, 0.1) is 5.41 Å². The molecule has 2 atom stereocenters. The lowest BCUT2D eigenvalue weighted by atomic mass is 10.1. The minimum absolute atomic E-state index is 0.0626. The fourth-order valence-corrected chi connectivity index (χ4v) is 2.16. The SMILES string of the molecule is CC(C)(C)OC(=O)n1cnc([C@@H]2[C@@H](N)C2(C)C)c1. The van der Waals surface area contributed by atoms with E-state index in [1.165, 1.54) is 10.9 Å². The zero-order chi connectivity index (χ0) is 13.7. The summed E-state index contributed by atoms with van der Waals surface area (Å²) in [5, 5.41) is 0. The van der Waals surface area contributed by atoms with Crippen LogP contribution >= 0.6 is 0 Å². The van der Waals surface area contributed by atoms with Gasteiger partial charge >= 0.3 is 6.09 Å². The van der Waals surface area contributed by atoms with Crippen LogP contribution in [0.2, 0.25) is 0 Å². The number of ether oxygens (including phenoxy) is 1. The summed E-state index contributed by atoms with van der Waals surface area (Å²) in [5.74, 6) is 0.223. The molecule has 5 nitrogen and oxygen atoms in total. The first-order chi connectivity index (χ1) is 8.13. The summed E-state index contributed by atoms with van der Waals surface area (Å²) < 4.78 is 6.65. The van der Waals surface area contributed by atoms with Crippen molar-refractivity contribution in [3.63, 3.8) is 0 Å². The van der Waals surface area contributed by atoms with Crippen molar-refractivity contribution in [1.29, 1.82) is 0 Å². The largest absolute Gasteiger partial charge is 0.443 e. The molecule has 0 unspecified atom stereocenters. The molecule has 1 aliphatic carbocycles. The van der Waals surface area contributed by atoms with E-state index in [4.69, 9.17) is 10.5 Å². The molecule has 1 aliphatic rings. The Hall–Kier alpha value is -1.36. The number of nitrogens with two attached hydrogens (primary N) is 1. The molecule has 0 spiro atoms. The maximum absolute atomic E-state index is 11.8. The Balaban J connectivity index is 2.10. The van der Waals surface area contributed by atoms with Crippen molar-refractivity contribution in [2.75, 3.05) is 0 Å². The number of hydrogen-bond donors (Lipinski definition) is 1. The first-order valence-electron chi connectivity index (χ1n) is 6.16. The number of carbonyl (C=O) groups excluding carboxylic acids is 1. The van der Waals surface area contributed by atoms with Gasteiger partial charge in [-0.15, -0.1) is 0 Å². The smallest absolute Gasteiger partial charge is 0.419 e. The van der Waals surface area contributed by atoms with Crippen molar-refractivity contribution in [3.8, 4) is 0 Å². The quantitative estimate of drug-likeness (QED) is 0.830. The number of nitrogens with zero attached hydrogens (tertiary/aromatic N) is 2. The van der Waals surface area contributed by atoms with E-state index in [1.54, 1.807) is 6.20 Å². The lowest BCUT2D eigenvalue weighted by molar-refractivity contribution is 0.0536. The van der Waals surface area contributed by atoms with Crippen molar-refractivity contribution in [2.24, 2.45) is 11.1 Å². The second kappa shape index (κ2) is 3.82. The molecule has 2 rings (SSSR count). The molecule has 0 aliphatic heterocycles. The average molecular weight is 251 g/mol. The zero-order valence-corrected chi connectivity index (χ0v) is 11.6. The van der Waals surface area contributed by atoms with Gasteiger partial charge in [0.15, 0.2) is 0 Å². The Kier molecular flexibility index (Phi) is 2.77. The molecule has 0 radical (unpaired) electrons. The first-order valence-corrected chi connectivity index (χ1v) is 6.16. The highest BCUT2D eigenvalue weighted by Crippen LogP contribution is 2.56. The summed E-state index contributed by atoms with van der Waals surface area (Å²) in [5.41, 5.74) is 6.42. The van der Waals surface area contributed by atoms with Crippen LogP contribution in [0.5, 0.6) is 0 Å². The monoisotopic (exact) mass is 251 g/mol. The van der Waals surface area contributed by atoms with E-state index in [-0.39, 0.29) is 17.4 Å². The molecule has 1 saturated carbocycles. The van der Waals surface area contributed by atoms with Gasteiger partial charge in [-0.3, -0.25) is 0 Å². The first kappa shape index (κ1) is 13.1. The number of carbonyl (C=O) groups is 1. The molecule has 1 heterocycles. The van der Waals surface area contributed by atoms with Crippen molar-refractivity contribution in [1.82, 2.24) is 9.55 Å². The highest BCUT2D eigenvalue weighted by Gasteiger charge is 2.57. The number of hydrogen-bond acceptors (Lipinski definition) is 4. The predicted octanol–water partition coefficient (Wildman–Crippen LogP) is 2.12. The molecule has 18 heavy (non-hydrogen) atoms. The van der Waals surface area contributed by atoms with Crippen LogP contribution in [0.3, 0.4) is 0 Å². The summed E-state index contributed by atoms with van der Waals surface area (Å²) in [4.78, 5) is 16.1. The van der Waals surface area contributed by atoms with Crippen LogP contribution < -0.4 is 5.73 Å². The highest BCUT2D eigenvalue weighted by molar-refractivity contribution is 5.70. The van der Waals surface area contributed by atoms with Crippen molar-refractivity contribution < 1.29 is 9.53 Å². The van der Waals surface area contributed by atoms with Gasteiger partial charge in [0.25, 0.3) is 0 Å². The van der Waals surface area contributed by atoms with Gasteiger partial charge in [-0.25, -0.2) is 14.3 Å². The normalized spacial score (nSPS) is 25.9. The van der Waals surface area contributed by atoms with Gasteiger partial charge in [-0.2, -0.15) is 0 Å². The minimum atomic E-state index is -0.503. The molecule has 2 N–H and O–H groups in total. The van der Waals surface area contributed by atoms with Crippen molar-refractivity contribution in [3.05, 3.63) is 18.2 Å². The van der Waals surface area contributed by atoms with Gasteiger partial charge < -0.3 is 10.5 Å². The van der Waals surface area contributed by atoms with E-state index >= 15 is 0 Å². The molecule has 0 amide bonds. The number of rotatable bonds is 1. The van der Waals surface area contributed by atoms with Crippen LogP contribution in [0.15, 0.2) is 12.5 Å². The topological polar surface area (TPSA) is 70.1 Å². The van der Waals surface area contributed by atoms with Crippen molar-refractivity contribution in [2.45, 2.75) is 52.2 Å². The zero-order valence-electron chi connectivity index (χ0n) is 11.6. The Morgan fingerprint density at radius 1 is 1.50 bits per heavy atom. The summed E-state index contributed by atoms with van der Waals surface area (Å²) >= 11 is 0. The molecule has 1 aromatic heterocycles. The van der Waals surface area contributed by atoms with Gasteiger partial charge in [-0.05, 0) is 26.2 Å². The van der Waals surface area contributed by atoms with Crippen LogP contribution in [0.1, 0.15) is 46.2 Å². The molecule has 0 saturated heterocycles. The summed E-state index contributed by atoms with van der Waals surface area (Å²) in [6.45, 7) is 9.72. The molecule has 1 aromatic rings. The Bertz CT molecular complexity index is 471. The predicted molar refractivity (Wildman–Crippen MR) is 68.4 cm³/mol.